The van der Waals surface area contributed by atoms with Crippen molar-refractivity contribution < 1.29 is 24.2 Å². The number of nitro benzene ring substituents is 3. The average molecular weight is 454 g/mol. The van der Waals surface area contributed by atoms with Crippen LogP contribution in [0.4, 0.5) is 34.1 Å². The van der Waals surface area contributed by atoms with Gasteiger partial charge in [0.25, 0.3) is 5.69 Å². The molecule has 0 aromatic heterocycles. The molecule has 13 nitrogen and oxygen atoms in total. The number of ether oxygens (including phenoxy) is 2. The highest BCUT2D eigenvalue weighted by atomic mass is 16.6. The van der Waals surface area contributed by atoms with Gasteiger partial charge in [0.05, 0.1) is 52.5 Å². The number of rotatable bonds is 9. The van der Waals surface area contributed by atoms with Crippen LogP contribution in [0.3, 0.4) is 0 Å². The van der Waals surface area contributed by atoms with Gasteiger partial charge in [0.15, 0.2) is 0 Å². The van der Waals surface area contributed by atoms with Gasteiger partial charge in [0, 0.05) is 0 Å². The molecule has 169 valence electrons. The molecule has 0 bridgehead atoms. The predicted octanol–water partition coefficient (Wildman–Crippen LogP) is 4.42. The number of nitrogens with zero attached hydrogens (tertiary/aromatic N) is 5. The highest BCUT2D eigenvalue weighted by molar-refractivity contribution is 5.76. The molecule has 0 saturated heterocycles. The molecule has 0 aliphatic heterocycles. The molecule has 0 heterocycles. The number of benzene rings is 3. The highest BCUT2D eigenvalue weighted by Gasteiger charge is 2.33. The molecular weight excluding hydrogens is 438 g/mol. The van der Waals surface area contributed by atoms with Gasteiger partial charge in [-0.1, -0.05) is 0 Å². The van der Waals surface area contributed by atoms with E-state index in [2.05, 4.69) is 5.43 Å². The Kier molecular flexibility index (Phi) is 6.52. The molecule has 1 radical (unpaired) electrons. The minimum absolute atomic E-state index is 0.392. The zero-order chi connectivity index (χ0) is 24.1. The van der Waals surface area contributed by atoms with Crippen LogP contribution in [0.25, 0.3) is 0 Å². The third-order valence-corrected chi connectivity index (χ3v) is 4.49. The molecular formula is C20H16N5O8. The summed E-state index contributed by atoms with van der Waals surface area (Å²) in [5.74, 6) is 1.06. The van der Waals surface area contributed by atoms with Crippen molar-refractivity contribution in [2.24, 2.45) is 0 Å². The summed E-state index contributed by atoms with van der Waals surface area (Å²) < 4.78 is 10.3. The molecule has 3 aromatic rings. The van der Waals surface area contributed by atoms with Crippen molar-refractivity contribution in [2.75, 3.05) is 19.2 Å². The largest absolute Gasteiger partial charge is 0.497 e. The van der Waals surface area contributed by atoms with E-state index < -0.39 is 37.5 Å². The summed E-state index contributed by atoms with van der Waals surface area (Å²) in [5, 5.41) is 35.7. The van der Waals surface area contributed by atoms with Gasteiger partial charge in [-0.2, -0.15) is 5.43 Å². The Bertz CT molecular complexity index is 1120. The lowest BCUT2D eigenvalue weighted by Crippen LogP contribution is -2.24. The SMILES string of the molecule is COc1ccc(N([N]c2c([N+](=O)[O-])cc([N+](=O)[O-])cc2[N+](=O)[O-])c2ccc(OC)cc2)cc1. The summed E-state index contributed by atoms with van der Waals surface area (Å²) >= 11 is 0. The van der Waals surface area contributed by atoms with E-state index in [0.717, 1.165) is 0 Å². The Hall–Kier alpha value is -4.94. The van der Waals surface area contributed by atoms with Crippen LogP contribution in [0.15, 0.2) is 60.7 Å². The van der Waals surface area contributed by atoms with Crippen LogP contribution in [0.1, 0.15) is 0 Å². The van der Waals surface area contributed by atoms with Crippen LogP contribution in [-0.2, 0) is 0 Å². The van der Waals surface area contributed by atoms with E-state index in [1.165, 1.54) is 19.2 Å². The monoisotopic (exact) mass is 454 g/mol. The van der Waals surface area contributed by atoms with Gasteiger partial charge in [-0.25, -0.2) is 5.01 Å². The Morgan fingerprint density at radius 3 is 1.39 bits per heavy atom. The maximum absolute atomic E-state index is 11.6. The predicted molar refractivity (Wildman–Crippen MR) is 116 cm³/mol. The van der Waals surface area contributed by atoms with Gasteiger partial charge in [0.2, 0.25) is 5.69 Å². The molecule has 0 atom stereocenters. The third-order valence-electron chi connectivity index (χ3n) is 4.49. The van der Waals surface area contributed by atoms with Gasteiger partial charge >= 0.3 is 11.4 Å². The normalized spacial score (nSPS) is 10.2. The molecule has 0 fully saturated rings. The molecule has 0 saturated carbocycles. The van der Waals surface area contributed by atoms with Crippen LogP contribution >= 0.6 is 0 Å². The van der Waals surface area contributed by atoms with Gasteiger partial charge in [0.1, 0.15) is 11.5 Å². The lowest BCUT2D eigenvalue weighted by Gasteiger charge is -2.23. The van der Waals surface area contributed by atoms with Crippen LogP contribution < -0.4 is 19.9 Å². The Morgan fingerprint density at radius 2 is 1.09 bits per heavy atom. The quantitative estimate of drug-likeness (QED) is 0.336. The fourth-order valence-corrected chi connectivity index (χ4v) is 2.89. The van der Waals surface area contributed by atoms with Crippen LogP contribution in [0.2, 0.25) is 0 Å². The summed E-state index contributed by atoms with van der Waals surface area (Å²) in [6.45, 7) is 0. The topological polar surface area (TPSA) is 165 Å². The van der Waals surface area contributed by atoms with Gasteiger partial charge in [-0.15, -0.1) is 0 Å². The smallest absolute Gasteiger partial charge is 0.310 e. The lowest BCUT2D eigenvalue weighted by molar-refractivity contribution is -0.402. The Labute approximate surface area is 186 Å². The number of anilines is 2. The van der Waals surface area contributed by atoms with Gasteiger partial charge in [-0.05, 0) is 48.5 Å². The minimum Gasteiger partial charge on any atom is -0.497 e. The van der Waals surface area contributed by atoms with Gasteiger partial charge in [-0.3, -0.25) is 30.3 Å². The van der Waals surface area contributed by atoms with E-state index in [9.17, 15) is 30.3 Å². The van der Waals surface area contributed by atoms with E-state index in [0.29, 0.717) is 35.0 Å². The van der Waals surface area contributed by atoms with Crippen molar-refractivity contribution in [3.63, 3.8) is 0 Å². The molecule has 3 rings (SSSR count). The fraction of sp³-hybridized carbons (Fsp3) is 0.100. The Balaban J connectivity index is 2.20. The first-order valence-corrected chi connectivity index (χ1v) is 9.16. The maximum atomic E-state index is 11.6. The minimum atomic E-state index is -0.959. The van der Waals surface area contributed by atoms with E-state index in [4.69, 9.17) is 9.47 Å². The Morgan fingerprint density at radius 1 is 0.697 bits per heavy atom. The summed E-state index contributed by atoms with van der Waals surface area (Å²) in [6, 6.07) is 14.1. The van der Waals surface area contributed by atoms with Gasteiger partial charge < -0.3 is 9.47 Å². The van der Waals surface area contributed by atoms with E-state index in [-0.39, 0.29) is 0 Å². The number of nitro groups is 3. The highest BCUT2D eigenvalue weighted by Crippen LogP contribution is 2.41. The van der Waals surface area contributed by atoms with E-state index >= 15 is 0 Å². The van der Waals surface area contributed by atoms with Crippen LogP contribution in [0.5, 0.6) is 11.5 Å². The number of methoxy groups -OCH3 is 2. The second kappa shape index (κ2) is 9.47. The number of hydrogen-bond donors (Lipinski definition) is 0. The van der Waals surface area contributed by atoms with Crippen molar-refractivity contribution in [1.82, 2.24) is 5.43 Å². The third kappa shape index (κ3) is 4.87. The second-order valence-corrected chi connectivity index (χ2v) is 6.41. The fourth-order valence-electron chi connectivity index (χ4n) is 2.89. The lowest BCUT2D eigenvalue weighted by atomic mass is 10.2. The van der Waals surface area contributed by atoms with E-state index in [1.54, 1.807) is 48.5 Å². The number of hydrogen-bond acceptors (Lipinski definition) is 9. The van der Waals surface area contributed by atoms with Crippen molar-refractivity contribution >= 4 is 34.1 Å². The zero-order valence-corrected chi connectivity index (χ0v) is 17.3. The van der Waals surface area contributed by atoms with E-state index in [1.807, 2.05) is 0 Å². The molecule has 0 spiro atoms. The van der Waals surface area contributed by atoms with Crippen molar-refractivity contribution in [3.05, 3.63) is 91.0 Å². The number of non-ortho nitro benzene ring substituents is 1. The summed E-state index contributed by atoms with van der Waals surface area (Å²) in [7, 11) is 2.95. The van der Waals surface area contributed by atoms with Crippen LogP contribution in [-0.4, -0.2) is 29.0 Å². The van der Waals surface area contributed by atoms with Crippen LogP contribution in [0, 0.1) is 30.3 Å². The first-order valence-electron chi connectivity index (χ1n) is 9.16. The summed E-state index contributed by atoms with van der Waals surface area (Å²) in [4.78, 5) is 31.6. The first-order chi connectivity index (χ1) is 15.7. The maximum Gasteiger partial charge on any atom is 0.310 e. The molecule has 0 amide bonds. The van der Waals surface area contributed by atoms with Crippen molar-refractivity contribution in [2.45, 2.75) is 0 Å². The first kappa shape index (κ1) is 22.7. The molecule has 0 N–H and O–H groups in total. The molecule has 0 aliphatic rings. The second-order valence-electron chi connectivity index (χ2n) is 6.41. The molecule has 0 aliphatic carbocycles. The standard InChI is InChI=1S/C20H16N5O8/c1-32-16-7-3-13(4-8-16)22(14-5-9-17(33-2)10-6-14)21-20-18(24(28)29)11-15(23(26)27)12-19(20)25(30)31/h3-12H,1-2H3. The molecule has 13 heteroatoms. The van der Waals surface area contributed by atoms with Crippen molar-refractivity contribution in [3.8, 4) is 11.5 Å². The molecule has 0 unspecified atom stereocenters. The average Bonchev–Trinajstić information content (AvgIpc) is 2.82. The molecule has 33 heavy (non-hydrogen) atoms. The zero-order valence-electron chi connectivity index (χ0n) is 17.3. The summed E-state index contributed by atoms with van der Waals surface area (Å²) in [5.41, 5.74) is 1.76. The summed E-state index contributed by atoms with van der Waals surface area (Å²) in [6.07, 6.45) is 0. The van der Waals surface area contributed by atoms with Crippen molar-refractivity contribution in [1.29, 1.82) is 0 Å². The molecule has 3 aromatic carbocycles.